The first-order valence-corrected chi connectivity index (χ1v) is 10.9. The van der Waals surface area contributed by atoms with Crippen LogP contribution in [0.5, 0.6) is 0 Å². The van der Waals surface area contributed by atoms with Crippen LogP contribution in [0, 0.1) is 0 Å². The predicted octanol–water partition coefficient (Wildman–Crippen LogP) is 2.51. The summed E-state index contributed by atoms with van der Waals surface area (Å²) < 4.78 is 0. The molecule has 2 heterocycles. The van der Waals surface area contributed by atoms with Gasteiger partial charge in [-0.25, -0.2) is 0 Å². The van der Waals surface area contributed by atoms with Crippen molar-refractivity contribution in [2.24, 2.45) is 4.99 Å². The highest BCUT2D eigenvalue weighted by Crippen LogP contribution is 2.27. The van der Waals surface area contributed by atoms with Crippen molar-refractivity contribution in [1.82, 2.24) is 20.4 Å². The number of halogens is 1. The van der Waals surface area contributed by atoms with E-state index >= 15 is 0 Å². The number of hydrogen-bond donors (Lipinski definition) is 2. The molecule has 158 valence electrons. The molecule has 2 N–H and O–H groups in total. The maximum Gasteiger partial charge on any atom is 0.234 e. The second kappa shape index (κ2) is 10.8. The number of amides is 1. The maximum absolute atomic E-state index is 12.0. The summed E-state index contributed by atoms with van der Waals surface area (Å²) in [5, 5.41) is 8.65. The standard InChI is InChI=1S/C20H33N5OS.HI/c1-4-21-19(22-15-20(2,3)17-6-5-13-27-17)25-11-9-24(10-12-25)14-18(26)23-16-7-8-16;/h5-6,13,16H,4,7-12,14-15H2,1-3H3,(H,21,22)(H,23,26);1H. The summed E-state index contributed by atoms with van der Waals surface area (Å²) >= 11 is 1.80. The molecule has 1 aromatic heterocycles. The Labute approximate surface area is 190 Å². The van der Waals surface area contributed by atoms with Gasteiger partial charge in [0.05, 0.1) is 13.1 Å². The Bertz CT molecular complexity index is 637. The zero-order valence-electron chi connectivity index (χ0n) is 17.2. The fourth-order valence-corrected chi connectivity index (χ4v) is 4.11. The molecule has 0 bridgehead atoms. The van der Waals surface area contributed by atoms with Crippen LogP contribution in [0.2, 0.25) is 0 Å². The first kappa shape index (κ1) is 23.4. The van der Waals surface area contributed by atoms with Crippen molar-refractivity contribution in [3.63, 3.8) is 0 Å². The molecular weight excluding hydrogens is 485 g/mol. The fraction of sp³-hybridized carbons (Fsp3) is 0.700. The van der Waals surface area contributed by atoms with E-state index in [4.69, 9.17) is 4.99 Å². The largest absolute Gasteiger partial charge is 0.357 e. The second-order valence-electron chi connectivity index (χ2n) is 8.14. The number of piperazine rings is 1. The third-order valence-corrected chi connectivity index (χ3v) is 6.36. The lowest BCUT2D eigenvalue weighted by atomic mass is 9.92. The van der Waals surface area contributed by atoms with Crippen LogP contribution in [0.3, 0.4) is 0 Å². The third kappa shape index (κ3) is 6.88. The van der Waals surface area contributed by atoms with Crippen LogP contribution in [-0.2, 0) is 10.2 Å². The number of carbonyl (C=O) groups is 1. The van der Waals surface area contributed by atoms with E-state index in [0.717, 1.165) is 58.1 Å². The molecule has 1 saturated carbocycles. The number of thiophene rings is 1. The second-order valence-corrected chi connectivity index (χ2v) is 9.08. The first-order valence-electron chi connectivity index (χ1n) is 10.1. The van der Waals surface area contributed by atoms with Gasteiger partial charge in [-0.1, -0.05) is 19.9 Å². The molecule has 1 aromatic rings. The Kier molecular flexibility index (Phi) is 9.01. The number of aliphatic imine (C=N–C) groups is 1. The Morgan fingerprint density at radius 3 is 2.57 bits per heavy atom. The monoisotopic (exact) mass is 519 g/mol. The Balaban J connectivity index is 0.00000280. The zero-order valence-corrected chi connectivity index (χ0v) is 20.4. The van der Waals surface area contributed by atoms with E-state index in [1.807, 2.05) is 0 Å². The molecule has 3 rings (SSSR count). The van der Waals surface area contributed by atoms with E-state index in [1.165, 1.54) is 4.88 Å². The minimum Gasteiger partial charge on any atom is -0.357 e. The molecular formula is C20H34IN5OS. The summed E-state index contributed by atoms with van der Waals surface area (Å²) in [5.74, 6) is 1.16. The van der Waals surface area contributed by atoms with Gasteiger partial charge in [0.2, 0.25) is 5.91 Å². The molecule has 0 radical (unpaired) electrons. The summed E-state index contributed by atoms with van der Waals surface area (Å²) in [5.41, 5.74) is 0.0392. The van der Waals surface area contributed by atoms with Gasteiger partial charge in [-0.2, -0.15) is 0 Å². The molecule has 1 aliphatic carbocycles. The van der Waals surface area contributed by atoms with Gasteiger partial charge in [0.15, 0.2) is 5.96 Å². The quantitative estimate of drug-likeness (QED) is 0.330. The maximum atomic E-state index is 12.0. The predicted molar refractivity (Wildman–Crippen MR) is 128 cm³/mol. The van der Waals surface area contributed by atoms with Crippen molar-refractivity contribution >= 4 is 47.2 Å². The van der Waals surface area contributed by atoms with Gasteiger partial charge >= 0.3 is 0 Å². The summed E-state index contributed by atoms with van der Waals surface area (Å²) in [6, 6.07) is 4.74. The number of carbonyl (C=O) groups excluding carboxylic acids is 1. The number of guanidine groups is 1. The summed E-state index contributed by atoms with van der Waals surface area (Å²) in [6.07, 6.45) is 2.29. The van der Waals surface area contributed by atoms with Gasteiger partial charge in [-0.3, -0.25) is 14.7 Å². The molecule has 2 fully saturated rings. The van der Waals surface area contributed by atoms with Crippen LogP contribution >= 0.6 is 35.3 Å². The molecule has 1 aliphatic heterocycles. The van der Waals surface area contributed by atoms with Crippen molar-refractivity contribution in [2.45, 2.75) is 45.1 Å². The van der Waals surface area contributed by atoms with E-state index in [0.29, 0.717) is 12.6 Å². The smallest absolute Gasteiger partial charge is 0.234 e. The van der Waals surface area contributed by atoms with Crippen LogP contribution in [0.4, 0.5) is 0 Å². The summed E-state index contributed by atoms with van der Waals surface area (Å²) in [4.78, 5) is 22.9. The number of nitrogens with zero attached hydrogens (tertiary/aromatic N) is 3. The lowest BCUT2D eigenvalue weighted by Crippen LogP contribution is -2.54. The number of rotatable bonds is 7. The summed E-state index contributed by atoms with van der Waals surface area (Å²) in [7, 11) is 0. The number of hydrogen-bond acceptors (Lipinski definition) is 4. The van der Waals surface area contributed by atoms with E-state index in [9.17, 15) is 4.79 Å². The molecule has 0 atom stereocenters. The van der Waals surface area contributed by atoms with Crippen LogP contribution in [0.1, 0.15) is 38.5 Å². The minimum absolute atomic E-state index is 0. The topological polar surface area (TPSA) is 60.0 Å². The average Bonchev–Trinajstić information content (AvgIpc) is 3.26. The normalized spacial score (nSPS) is 18.5. The van der Waals surface area contributed by atoms with Gasteiger partial charge in [0.1, 0.15) is 0 Å². The zero-order chi connectivity index (χ0) is 19.3. The van der Waals surface area contributed by atoms with Crippen molar-refractivity contribution in [1.29, 1.82) is 0 Å². The summed E-state index contributed by atoms with van der Waals surface area (Å²) in [6.45, 7) is 12.4. The molecule has 2 aliphatic rings. The molecule has 0 unspecified atom stereocenters. The molecule has 0 spiro atoms. The van der Waals surface area contributed by atoms with E-state index in [1.54, 1.807) is 11.3 Å². The first-order chi connectivity index (χ1) is 13.0. The van der Waals surface area contributed by atoms with Gasteiger partial charge < -0.3 is 15.5 Å². The van der Waals surface area contributed by atoms with E-state index in [-0.39, 0.29) is 35.3 Å². The Morgan fingerprint density at radius 1 is 1.29 bits per heavy atom. The van der Waals surface area contributed by atoms with Gasteiger partial charge in [-0.05, 0) is 31.2 Å². The molecule has 28 heavy (non-hydrogen) atoms. The molecule has 0 aromatic carbocycles. The lowest BCUT2D eigenvalue weighted by Gasteiger charge is -2.36. The average molecular weight is 519 g/mol. The minimum atomic E-state index is 0. The lowest BCUT2D eigenvalue weighted by molar-refractivity contribution is -0.122. The fourth-order valence-electron chi connectivity index (χ4n) is 3.26. The van der Waals surface area contributed by atoms with Crippen molar-refractivity contribution in [2.75, 3.05) is 45.8 Å². The molecule has 8 heteroatoms. The van der Waals surface area contributed by atoms with Crippen molar-refractivity contribution in [3.8, 4) is 0 Å². The molecule has 1 saturated heterocycles. The van der Waals surface area contributed by atoms with E-state index in [2.05, 4.69) is 58.7 Å². The van der Waals surface area contributed by atoms with Crippen LogP contribution in [0.25, 0.3) is 0 Å². The van der Waals surface area contributed by atoms with Gasteiger partial charge in [0.25, 0.3) is 0 Å². The van der Waals surface area contributed by atoms with Crippen LogP contribution in [0.15, 0.2) is 22.5 Å². The highest BCUT2D eigenvalue weighted by molar-refractivity contribution is 14.0. The van der Waals surface area contributed by atoms with Crippen molar-refractivity contribution < 1.29 is 4.79 Å². The van der Waals surface area contributed by atoms with Gasteiger partial charge in [-0.15, -0.1) is 35.3 Å². The van der Waals surface area contributed by atoms with Crippen LogP contribution in [-0.4, -0.2) is 73.5 Å². The Hall–Kier alpha value is -0.870. The molecule has 6 nitrogen and oxygen atoms in total. The SMILES string of the molecule is CCNC(=NCC(C)(C)c1cccs1)N1CCN(CC(=O)NC2CC2)CC1.I. The van der Waals surface area contributed by atoms with E-state index < -0.39 is 0 Å². The number of nitrogens with one attached hydrogen (secondary N) is 2. The third-order valence-electron chi connectivity index (χ3n) is 5.13. The molecule has 1 amide bonds. The van der Waals surface area contributed by atoms with Crippen LogP contribution < -0.4 is 10.6 Å². The highest BCUT2D eigenvalue weighted by atomic mass is 127. The Morgan fingerprint density at radius 2 is 2.00 bits per heavy atom. The van der Waals surface area contributed by atoms with Gasteiger partial charge in [0, 0.05) is 49.1 Å². The highest BCUT2D eigenvalue weighted by Gasteiger charge is 2.26. The van der Waals surface area contributed by atoms with Crippen molar-refractivity contribution in [3.05, 3.63) is 22.4 Å².